The fraction of sp³-hybridized carbons (Fsp3) is 0.800. The second kappa shape index (κ2) is 6.64. The molecular formula is C15H26N6O. The normalized spacial score (nSPS) is 25.4. The number of hydrogen-bond donors (Lipinski definition) is 1. The Balaban J connectivity index is 1.50. The minimum atomic E-state index is 0.362. The van der Waals surface area contributed by atoms with E-state index < -0.39 is 0 Å². The van der Waals surface area contributed by atoms with Crippen LogP contribution in [0.4, 0.5) is 0 Å². The molecule has 3 heterocycles. The highest BCUT2D eigenvalue weighted by molar-refractivity contribution is 5.80. The van der Waals surface area contributed by atoms with Gasteiger partial charge in [-0.15, -0.1) is 10.2 Å². The van der Waals surface area contributed by atoms with Gasteiger partial charge in [-0.05, 0) is 12.8 Å². The molecule has 1 unspecified atom stereocenters. The fourth-order valence-corrected chi connectivity index (χ4v) is 3.45. The number of nitrogens with one attached hydrogen (secondary N) is 1. The Morgan fingerprint density at radius 1 is 1.50 bits per heavy atom. The van der Waals surface area contributed by atoms with Crippen LogP contribution in [0.25, 0.3) is 0 Å². The average molecular weight is 306 g/mol. The monoisotopic (exact) mass is 306 g/mol. The van der Waals surface area contributed by atoms with Crippen LogP contribution in [0.2, 0.25) is 0 Å². The van der Waals surface area contributed by atoms with Crippen molar-refractivity contribution >= 4 is 5.96 Å². The van der Waals surface area contributed by atoms with Crippen molar-refractivity contribution in [3.63, 3.8) is 0 Å². The first kappa shape index (κ1) is 15.3. The van der Waals surface area contributed by atoms with E-state index in [1.165, 1.54) is 12.8 Å². The molecule has 1 aromatic heterocycles. The summed E-state index contributed by atoms with van der Waals surface area (Å²) in [5.41, 5.74) is 0.362. The summed E-state index contributed by atoms with van der Waals surface area (Å²) in [6.07, 6.45) is 5.09. The lowest BCUT2D eigenvalue weighted by Crippen LogP contribution is -2.42. The molecule has 2 fully saturated rings. The summed E-state index contributed by atoms with van der Waals surface area (Å²) in [6, 6.07) is 0. The summed E-state index contributed by atoms with van der Waals surface area (Å²) >= 11 is 0. The number of likely N-dealkylation sites (tertiary alicyclic amines) is 1. The van der Waals surface area contributed by atoms with E-state index in [2.05, 4.69) is 36.9 Å². The molecule has 1 aromatic rings. The van der Waals surface area contributed by atoms with Crippen LogP contribution < -0.4 is 5.32 Å². The number of rotatable bonds is 4. The van der Waals surface area contributed by atoms with Crippen LogP contribution in [0, 0.1) is 5.41 Å². The molecule has 22 heavy (non-hydrogen) atoms. The molecule has 0 aliphatic carbocycles. The third-order valence-electron chi connectivity index (χ3n) is 4.78. The molecule has 7 nitrogen and oxygen atoms in total. The Kier molecular flexibility index (Phi) is 4.61. The van der Waals surface area contributed by atoms with Crippen LogP contribution in [-0.2, 0) is 17.7 Å². The Hall–Kier alpha value is -1.63. The highest BCUT2D eigenvalue weighted by Gasteiger charge is 2.42. The molecule has 1 spiro atoms. The maximum Gasteiger partial charge on any atom is 0.193 e. The van der Waals surface area contributed by atoms with Gasteiger partial charge in [-0.1, -0.05) is 6.92 Å². The quantitative estimate of drug-likeness (QED) is 0.649. The highest BCUT2D eigenvalue weighted by Crippen LogP contribution is 2.38. The van der Waals surface area contributed by atoms with Gasteiger partial charge in [0, 0.05) is 51.7 Å². The van der Waals surface area contributed by atoms with Gasteiger partial charge in [0.2, 0.25) is 0 Å². The lowest BCUT2D eigenvalue weighted by atomic mass is 9.87. The Morgan fingerprint density at radius 2 is 2.41 bits per heavy atom. The minimum absolute atomic E-state index is 0.362. The van der Waals surface area contributed by atoms with Crippen LogP contribution in [0.1, 0.15) is 25.6 Å². The van der Waals surface area contributed by atoms with Crippen molar-refractivity contribution in [2.45, 2.75) is 32.7 Å². The Labute approximate surface area is 131 Å². The smallest absolute Gasteiger partial charge is 0.193 e. The number of aliphatic imine (C=N–C) groups is 1. The van der Waals surface area contributed by atoms with Gasteiger partial charge < -0.3 is 19.5 Å². The lowest BCUT2D eigenvalue weighted by Gasteiger charge is -2.25. The summed E-state index contributed by atoms with van der Waals surface area (Å²) in [4.78, 5) is 6.80. The second-order valence-electron chi connectivity index (χ2n) is 6.24. The molecule has 2 aliphatic rings. The molecule has 2 saturated heterocycles. The van der Waals surface area contributed by atoms with Gasteiger partial charge in [0.1, 0.15) is 12.2 Å². The first-order chi connectivity index (χ1) is 10.8. The molecular weight excluding hydrogens is 280 g/mol. The van der Waals surface area contributed by atoms with Crippen LogP contribution in [0.15, 0.2) is 11.3 Å². The predicted octanol–water partition coefficient (Wildman–Crippen LogP) is 0.528. The average Bonchev–Trinajstić information content (AvgIpc) is 3.26. The number of nitrogens with zero attached hydrogens (tertiary/aromatic N) is 5. The van der Waals surface area contributed by atoms with Gasteiger partial charge in [0.15, 0.2) is 5.96 Å². The molecule has 2 aliphatic heterocycles. The first-order valence-corrected chi connectivity index (χ1v) is 8.16. The molecule has 0 saturated carbocycles. The SMILES string of the molecule is CCc1nncn1CCNC(=NC)N1CCC2(CCOC2)C1. The first-order valence-electron chi connectivity index (χ1n) is 8.16. The van der Waals surface area contributed by atoms with Crippen molar-refractivity contribution in [3.05, 3.63) is 12.2 Å². The molecule has 1 N–H and O–H groups in total. The highest BCUT2D eigenvalue weighted by atomic mass is 16.5. The van der Waals surface area contributed by atoms with Gasteiger partial charge >= 0.3 is 0 Å². The zero-order valence-electron chi connectivity index (χ0n) is 13.6. The summed E-state index contributed by atoms with van der Waals surface area (Å²) in [6.45, 7) is 7.72. The van der Waals surface area contributed by atoms with E-state index in [1.807, 2.05) is 7.05 Å². The number of aryl methyl sites for hydroxylation is 1. The van der Waals surface area contributed by atoms with Crippen molar-refractivity contribution in [3.8, 4) is 0 Å². The van der Waals surface area contributed by atoms with Gasteiger partial charge in [0.25, 0.3) is 0 Å². The molecule has 3 rings (SSSR count). The zero-order valence-corrected chi connectivity index (χ0v) is 13.6. The van der Waals surface area contributed by atoms with Gasteiger partial charge in [-0.25, -0.2) is 0 Å². The lowest BCUT2D eigenvalue weighted by molar-refractivity contribution is 0.156. The molecule has 1 atom stereocenters. The third-order valence-corrected chi connectivity index (χ3v) is 4.78. The van der Waals surface area contributed by atoms with E-state index in [9.17, 15) is 0 Å². The summed E-state index contributed by atoms with van der Waals surface area (Å²) in [5, 5.41) is 11.5. The van der Waals surface area contributed by atoms with E-state index in [0.717, 1.165) is 57.6 Å². The van der Waals surface area contributed by atoms with Gasteiger partial charge in [0.05, 0.1) is 6.61 Å². The van der Waals surface area contributed by atoms with Crippen molar-refractivity contribution < 1.29 is 4.74 Å². The number of hydrogen-bond acceptors (Lipinski definition) is 4. The standard InChI is InChI=1S/C15H26N6O/c1-3-13-19-18-12-21(13)8-6-17-14(16-2)20-7-4-15(10-20)5-9-22-11-15/h12H,3-11H2,1-2H3,(H,16,17). The minimum Gasteiger partial charge on any atom is -0.381 e. The largest absolute Gasteiger partial charge is 0.381 e. The van der Waals surface area contributed by atoms with E-state index in [1.54, 1.807) is 6.33 Å². The van der Waals surface area contributed by atoms with E-state index in [-0.39, 0.29) is 0 Å². The van der Waals surface area contributed by atoms with Gasteiger partial charge in [-0.3, -0.25) is 4.99 Å². The fourth-order valence-electron chi connectivity index (χ4n) is 3.45. The summed E-state index contributed by atoms with van der Waals surface area (Å²) in [7, 11) is 1.86. The Morgan fingerprint density at radius 3 is 3.14 bits per heavy atom. The molecule has 0 amide bonds. The zero-order chi connectivity index (χ0) is 15.4. The molecule has 7 heteroatoms. The van der Waals surface area contributed by atoms with E-state index >= 15 is 0 Å². The molecule has 0 aromatic carbocycles. The van der Waals surface area contributed by atoms with Crippen LogP contribution in [0.3, 0.4) is 0 Å². The van der Waals surface area contributed by atoms with E-state index in [4.69, 9.17) is 4.74 Å². The third kappa shape index (κ3) is 3.09. The van der Waals surface area contributed by atoms with Crippen molar-refractivity contribution in [1.82, 2.24) is 25.0 Å². The molecule has 122 valence electrons. The van der Waals surface area contributed by atoms with Crippen molar-refractivity contribution in [2.75, 3.05) is 39.9 Å². The van der Waals surface area contributed by atoms with E-state index in [0.29, 0.717) is 5.41 Å². The molecule has 0 bridgehead atoms. The van der Waals surface area contributed by atoms with Crippen molar-refractivity contribution in [1.29, 1.82) is 0 Å². The molecule has 0 radical (unpaired) electrons. The number of ether oxygens (including phenoxy) is 1. The van der Waals surface area contributed by atoms with Crippen LogP contribution in [-0.4, -0.2) is 65.5 Å². The number of aromatic nitrogens is 3. The second-order valence-corrected chi connectivity index (χ2v) is 6.24. The van der Waals surface area contributed by atoms with Crippen molar-refractivity contribution in [2.24, 2.45) is 10.4 Å². The maximum absolute atomic E-state index is 5.60. The maximum atomic E-state index is 5.60. The van der Waals surface area contributed by atoms with Crippen LogP contribution in [0.5, 0.6) is 0 Å². The predicted molar refractivity (Wildman–Crippen MR) is 84.8 cm³/mol. The number of guanidine groups is 1. The summed E-state index contributed by atoms with van der Waals surface area (Å²) in [5.74, 6) is 2.02. The Bertz CT molecular complexity index is 520. The van der Waals surface area contributed by atoms with Gasteiger partial charge in [-0.2, -0.15) is 0 Å². The van der Waals surface area contributed by atoms with Crippen LogP contribution >= 0.6 is 0 Å². The summed E-state index contributed by atoms with van der Waals surface area (Å²) < 4.78 is 7.69. The topological polar surface area (TPSA) is 67.6 Å².